The molecule has 0 aliphatic rings. The zero-order chi connectivity index (χ0) is 23.8. The fraction of sp³-hybridized carbons (Fsp3) is 0.640. The highest BCUT2D eigenvalue weighted by atomic mass is 16.6. The van der Waals surface area contributed by atoms with Crippen molar-refractivity contribution in [2.24, 2.45) is 0 Å². The summed E-state index contributed by atoms with van der Waals surface area (Å²) in [4.78, 5) is 35.0. The molecule has 0 aliphatic carbocycles. The number of benzene rings is 1. The van der Waals surface area contributed by atoms with Crippen LogP contribution in [0.2, 0.25) is 0 Å². The van der Waals surface area contributed by atoms with Gasteiger partial charge in [0.25, 0.3) is 0 Å². The molecule has 0 unspecified atom stereocenters. The molecule has 1 aromatic rings. The smallest absolute Gasteiger partial charge is 0.407 e. The van der Waals surface area contributed by atoms with Crippen LogP contribution in [-0.4, -0.2) is 41.3 Å². The summed E-state index contributed by atoms with van der Waals surface area (Å²) in [6, 6.07) is 8.42. The molecular formula is C25H40N2O5. The average Bonchev–Trinajstić information content (AvgIpc) is 2.71. The first kappa shape index (κ1) is 27.5. The molecule has 0 spiro atoms. The van der Waals surface area contributed by atoms with Crippen molar-refractivity contribution in [2.75, 3.05) is 6.54 Å². The molecule has 1 rings (SSSR count). The maximum Gasteiger partial charge on any atom is 0.407 e. The molecule has 7 nitrogen and oxygen atoms in total. The SMILES string of the molecule is CC(C)(C)OC(=O)NCCCCCCCCCCC(=O)N[C@@H](Cc1ccccc1)C(=O)O. The van der Waals surface area contributed by atoms with Gasteiger partial charge in [0.2, 0.25) is 5.91 Å². The minimum Gasteiger partial charge on any atom is -0.480 e. The number of unbranched alkanes of at least 4 members (excludes halogenated alkanes) is 7. The largest absolute Gasteiger partial charge is 0.480 e. The van der Waals surface area contributed by atoms with E-state index in [2.05, 4.69) is 10.6 Å². The van der Waals surface area contributed by atoms with E-state index in [4.69, 9.17) is 4.74 Å². The van der Waals surface area contributed by atoms with Crippen LogP contribution >= 0.6 is 0 Å². The van der Waals surface area contributed by atoms with Crippen molar-refractivity contribution in [1.29, 1.82) is 0 Å². The number of rotatable bonds is 15. The number of aliphatic carboxylic acids is 1. The van der Waals surface area contributed by atoms with Gasteiger partial charge in [0, 0.05) is 19.4 Å². The van der Waals surface area contributed by atoms with E-state index in [0.29, 0.717) is 13.0 Å². The van der Waals surface area contributed by atoms with Crippen molar-refractivity contribution in [3.63, 3.8) is 0 Å². The van der Waals surface area contributed by atoms with Gasteiger partial charge in [-0.3, -0.25) is 4.79 Å². The average molecular weight is 449 g/mol. The lowest BCUT2D eigenvalue weighted by Gasteiger charge is -2.19. The number of carboxylic acids is 1. The Balaban J connectivity index is 2.01. The van der Waals surface area contributed by atoms with E-state index in [9.17, 15) is 19.5 Å². The fourth-order valence-electron chi connectivity index (χ4n) is 3.29. The Hall–Kier alpha value is -2.57. The van der Waals surface area contributed by atoms with Gasteiger partial charge in [-0.1, -0.05) is 68.9 Å². The number of carbonyl (C=O) groups is 3. The monoisotopic (exact) mass is 448 g/mol. The maximum absolute atomic E-state index is 12.1. The number of hydrogen-bond acceptors (Lipinski definition) is 4. The minimum atomic E-state index is -1.01. The van der Waals surface area contributed by atoms with E-state index in [1.165, 1.54) is 0 Å². The van der Waals surface area contributed by atoms with Gasteiger partial charge in [-0.15, -0.1) is 0 Å². The summed E-state index contributed by atoms with van der Waals surface area (Å²) in [6.07, 6.45) is 8.45. The Morgan fingerprint density at radius 2 is 1.47 bits per heavy atom. The molecule has 1 aromatic carbocycles. The van der Waals surface area contributed by atoms with E-state index < -0.39 is 17.6 Å². The van der Waals surface area contributed by atoms with Crippen LogP contribution in [0.15, 0.2) is 30.3 Å². The van der Waals surface area contributed by atoms with E-state index in [-0.39, 0.29) is 18.4 Å². The van der Waals surface area contributed by atoms with Crippen LogP contribution in [0.25, 0.3) is 0 Å². The third-order valence-electron chi connectivity index (χ3n) is 4.91. The van der Waals surface area contributed by atoms with Gasteiger partial charge in [-0.2, -0.15) is 0 Å². The van der Waals surface area contributed by atoms with Gasteiger partial charge in [0.1, 0.15) is 11.6 Å². The molecule has 0 radical (unpaired) electrons. The third-order valence-corrected chi connectivity index (χ3v) is 4.91. The number of hydrogen-bond donors (Lipinski definition) is 3. The normalized spacial score (nSPS) is 12.1. The molecule has 0 bridgehead atoms. The van der Waals surface area contributed by atoms with E-state index in [1.807, 2.05) is 51.1 Å². The molecule has 2 amide bonds. The Morgan fingerprint density at radius 3 is 2.03 bits per heavy atom. The Kier molecular flexibility index (Phi) is 13.1. The molecule has 1 atom stereocenters. The zero-order valence-electron chi connectivity index (χ0n) is 19.8. The van der Waals surface area contributed by atoms with E-state index in [0.717, 1.165) is 56.9 Å². The highest BCUT2D eigenvalue weighted by Gasteiger charge is 2.20. The second-order valence-corrected chi connectivity index (χ2v) is 9.16. The van der Waals surface area contributed by atoms with Gasteiger partial charge in [-0.25, -0.2) is 9.59 Å². The quantitative estimate of drug-likeness (QED) is 0.333. The highest BCUT2D eigenvalue weighted by Crippen LogP contribution is 2.11. The molecular weight excluding hydrogens is 408 g/mol. The molecule has 180 valence electrons. The predicted octanol–water partition coefficient (Wildman–Crippen LogP) is 4.83. The Labute approximate surface area is 192 Å². The molecule has 0 fully saturated rings. The van der Waals surface area contributed by atoms with E-state index >= 15 is 0 Å². The van der Waals surface area contributed by atoms with Crippen LogP contribution in [0, 0.1) is 0 Å². The summed E-state index contributed by atoms with van der Waals surface area (Å²) in [7, 11) is 0. The summed E-state index contributed by atoms with van der Waals surface area (Å²) in [5.74, 6) is -1.21. The second kappa shape index (κ2) is 15.3. The van der Waals surface area contributed by atoms with Gasteiger partial charge < -0.3 is 20.5 Å². The lowest BCUT2D eigenvalue weighted by Crippen LogP contribution is -2.42. The number of amides is 2. The zero-order valence-corrected chi connectivity index (χ0v) is 19.8. The number of carboxylic acid groups (broad SMARTS) is 1. The molecule has 7 heteroatoms. The molecule has 0 heterocycles. The number of nitrogens with one attached hydrogen (secondary N) is 2. The summed E-state index contributed by atoms with van der Waals surface area (Å²) in [5.41, 5.74) is 0.422. The van der Waals surface area contributed by atoms with Gasteiger partial charge in [0.15, 0.2) is 0 Å². The van der Waals surface area contributed by atoms with Gasteiger partial charge in [0.05, 0.1) is 0 Å². The van der Waals surface area contributed by atoms with Crippen molar-refractivity contribution in [1.82, 2.24) is 10.6 Å². The molecule has 0 saturated heterocycles. The van der Waals surface area contributed by atoms with Crippen molar-refractivity contribution in [3.05, 3.63) is 35.9 Å². The van der Waals surface area contributed by atoms with Crippen molar-refractivity contribution >= 4 is 18.0 Å². The summed E-state index contributed by atoms with van der Waals surface area (Å²) < 4.78 is 5.19. The van der Waals surface area contributed by atoms with Gasteiger partial charge in [-0.05, 0) is 39.2 Å². The van der Waals surface area contributed by atoms with Crippen LogP contribution in [0.1, 0.15) is 84.1 Å². The summed E-state index contributed by atoms with van der Waals surface area (Å²) >= 11 is 0. The van der Waals surface area contributed by atoms with Crippen LogP contribution in [0.4, 0.5) is 4.79 Å². The lowest BCUT2D eigenvalue weighted by molar-refractivity contribution is -0.141. The van der Waals surface area contributed by atoms with Crippen LogP contribution in [0.5, 0.6) is 0 Å². The first-order chi connectivity index (χ1) is 15.2. The van der Waals surface area contributed by atoms with Crippen LogP contribution in [-0.2, 0) is 20.7 Å². The fourth-order valence-corrected chi connectivity index (χ4v) is 3.29. The number of ether oxygens (including phenoxy) is 1. The molecule has 32 heavy (non-hydrogen) atoms. The number of carbonyl (C=O) groups excluding carboxylic acids is 2. The van der Waals surface area contributed by atoms with Crippen LogP contribution in [0.3, 0.4) is 0 Å². The third kappa shape index (κ3) is 14.4. The second-order valence-electron chi connectivity index (χ2n) is 9.16. The van der Waals surface area contributed by atoms with Gasteiger partial charge >= 0.3 is 12.1 Å². The number of alkyl carbamates (subject to hydrolysis) is 1. The standard InChI is InChI=1S/C25H40N2O5/c1-25(2,3)32-24(31)26-18-14-9-7-5-4-6-8-13-17-22(28)27-21(23(29)30)19-20-15-11-10-12-16-20/h10-12,15-16,21H,4-9,13-14,17-19H2,1-3H3,(H,26,31)(H,27,28)(H,29,30)/t21-/m0/s1. The Bertz CT molecular complexity index is 685. The predicted molar refractivity (Wildman–Crippen MR) is 126 cm³/mol. The molecule has 0 saturated carbocycles. The van der Waals surface area contributed by atoms with E-state index in [1.54, 1.807) is 0 Å². The van der Waals surface area contributed by atoms with Crippen molar-refractivity contribution in [2.45, 2.75) is 96.6 Å². The maximum atomic E-state index is 12.1. The highest BCUT2D eigenvalue weighted by molar-refractivity contribution is 5.83. The molecule has 0 aliphatic heterocycles. The topological polar surface area (TPSA) is 105 Å². The summed E-state index contributed by atoms with van der Waals surface area (Å²) in [5, 5.41) is 14.8. The first-order valence-corrected chi connectivity index (χ1v) is 11.7. The minimum absolute atomic E-state index is 0.203. The van der Waals surface area contributed by atoms with Crippen LogP contribution < -0.4 is 10.6 Å². The lowest BCUT2D eigenvalue weighted by atomic mass is 10.0. The molecule has 3 N–H and O–H groups in total. The van der Waals surface area contributed by atoms with Crippen molar-refractivity contribution < 1.29 is 24.2 Å². The Morgan fingerprint density at radius 1 is 0.906 bits per heavy atom. The first-order valence-electron chi connectivity index (χ1n) is 11.7. The summed E-state index contributed by atoms with van der Waals surface area (Å²) in [6.45, 7) is 6.17. The van der Waals surface area contributed by atoms with Crippen molar-refractivity contribution in [3.8, 4) is 0 Å². The molecule has 0 aromatic heterocycles.